The number of anilines is 1. The lowest BCUT2D eigenvalue weighted by Gasteiger charge is -2.42. The molecule has 1 saturated heterocycles. The number of hydrogen-bond acceptors (Lipinski definition) is 3. The molecule has 0 N–H and O–H groups in total. The molecule has 0 spiro atoms. The van der Waals surface area contributed by atoms with Crippen LogP contribution in [-0.2, 0) is 17.5 Å². The molecule has 1 aromatic heterocycles. The third-order valence-electron chi connectivity index (χ3n) is 5.15. The minimum absolute atomic E-state index is 0.0552. The van der Waals surface area contributed by atoms with Gasteiger partial charge in [0.05, 0.1) is 10.7 Å². The molecule has 0 aliphatic carbocycles. The van der Waals surface area contributed by atoms with Gasteiger partial charge in [0.1, 0.15) is 6.54 Å². The van der Waals surface area contributed by atoms with Crippen molar-refractivity contribution >= 4 is 34.8 Å². The first kappa shape index (κ1) is 21.8. The molecule has 3 rings (SSSR count). The zero-order chi connectivity index (χ0) is 21.3. The highest BCUT2D eigenvalue weighted by atomic mass is 35.5. The van der Waals surface area contributed by atoms with E-state index in [2.05, 4.69) is 10.00 Å². The molecule has 10 heteroatoms. The Labute approximate surface area is 177 Å². The monoisotopic (exact) mass is 448 g/mol. The summed E-state index contributed by atoms with van der Waals surface area (Å²) >= 11 is 11.7. The van der Waals surface area contributed by atoms with Crippen LogP contribution in [0.4, 0.5) is 18.9 Å². The van der Waals surface area contributed by atoms with Gasteiger partial charge in [-0.2, -0.15) is 18.3 Å². The molecule has 1 amide bonds. The molecule has 1 aliphatic rings. The van der Waals surface area contributed by atoms with Crippen LogP contribution in [-0.4, -0.2) is 46.3 Å². The Morgan fingerprint density at radius 3 is 2.41 bits per heavy atom. The number of hydrogen-bond donors (Lipinski definition) is 0. The SMILES string of the molecule is CCC1CN(c2ccc(Cl)cc2)CCN1C(=O)Cn1nc(C(F)(F)F)c(Cl)c1C. The van der Waals surface area contributed by atoms with Crippen molar-refractivity contribution in [1.29, 1.82) is 0 Å². The summed E-state index contributed by atoms with van der Waals surface area (Å²) in [5.41, 5.74) is -0.0197. The molecule has 1 aliphatic heterocycles. The fraction of sp³-hybridized carbons (Fsp3) is 0.474. The van der Waals surface area contributed by atoms with E-state index in [1.165, 1.54) is 6.92 Å². The summed E-state index contributed by atoms with van der Waals surface area (Å²) in [6.07, 6.45) is -3.94. The summed E-state index contributed by atoms with van der Waals surface area (Å²) in [4.78, 5) is 16.7. The first-order valence-electron chi connectivity index (χ1n) is 9.22. The van der Waals surface area contributed by atoms with Gasteiger partial charge >= 0.3 is 6.18 Å². The predicted molar refractivity (Wildman–Crippen MR) is 106 cm³/mol. The zero-order valence-corrected chi connectivity index (χ0v) is 17.5. The van der Waals surface area contributed by atoms with Crippen molar-refractivity contribution in [2.75, 3.05) is 24.5 Å². The molecule has 5 nitrogen and oxygen atoms in total. The van der Waals surface area contributed by atoms with Gasteiger partial charge in [0, 0.05) is 36.4 Å². The molecule has 1 aromatic carbocycles. The first-order valence-corrected chi connectivity index (χ1v) is 9.97. The molecule has 2 aromatic rings. The van der Waals surface area contributed by atoms with Gasteiger partial charge in [-0.3, -0.25) is 9.48 Å². The number of aromatic nitrogens is 2. The minimum atomic E-state index is -4.66. The molecule has 0 bridgehead atoms. The van der Waals surface area contributed by atoms with E-state index in [1.54, 1.807) is 4.90 Å². The Morgan fingerprint density at radius 2 is 1.86 bits per heavy atom. The summed E-state index contributed by atoms with van der Waals surface area (Å²) in [6, 6.07) is 7.44. The Kier molecular flexibility index (Phi) is 6.33. The number of nitrogens with zero attached hydrogens (tertiary/aromatic N) is 4. The topological polar surface area (TPSA) is 41.4 Å². The number of rotatable bonds is 4. The van der Waals surface area contributed by atoms with E-state index in [9.17, 15) is 18.0 Å². The smallest absolute Gasteiger partial charge is 0.368 e. The minimum Gasteiger partial charge on any atom is -0.368 e. The summed E-state index contributed by atoms with van der Waals surface area (Å²) in [7, 11) is 0. The maximum Gasteiger partial charge on any atom is 0.436 e. The largest absolute Gasteiger partial charge is 0.436 e. The van der Waals surface area contributed by atoms with Crippen LogP contribution in [0.5, 0.6) is 0 Å². The molecule has 1 atom stereocenters. The Balaban J connectivity index is 1.72. The van der Waals surface area contributed by atoms with E-state index in [4.69, 9.17) is 23.2 Å². The van der Waals surface area contributed by atoms with E-state index >= 15 is 0 Å². The number of benzene rings is 1. The average Bonchev–Trinajstić information content (AvgIpc) is 2.96. The van der Waals surface area contributed by atoms with Crippen molar-refractivity contribution in [2.45, 2.75) is 39.0 Å². The number of amides is 1. The van der Waals surface area contributed by atoms with Crippen molar-refractivity contribution in [3.63, 3.8) is 0 Å². The number of halogens is 5. The van der Waals surface area contributed by atoms with Gasteiger partial charge in [-0.25, -0.2) is 0 Å². The molecular weight excluding hydrogens is 428 g/mol. The van der Waals surface area contributed by atoms with Crippen LogP contribution in [0.15, 0.2) is 24.3 Å². The molecule has 0 radical (unpaired) electrons. The standard InChI is InChI=1S/C19H21Cl2F3N4O/c1-3-14-10-26(15-6-4-13(20)5-7-15)8-9-27(14)16(29)11-28-12(2)17(21)18(25-28)19(22,23)24/h4-7,14H,3,8-11H2,1-2H3. The van der Waals surface area contributed by atoms with E-state index in [0.717, 1.165) is 16.8 Å². The quantitative estimate of drug-likeness (QED) is 0.683. The van der Waals surface area contributed by atoms with Crippen molar-refractivity contribution in [3.8, 4) is 0 Å². The normalized spacial score (nSPS) is 17.7. The summed E-state index contributed by atoms with van der Waals surface area (Å²) < 4.78 is 40.1. The van der Waals surface area contributed by atoms with Gasteiger partial charge in [-0.15, -0.1) is 0 Å². The van der Waals surface area contributed by atoms with Crippen LogP contribution >= 0.6 is 23.2 Å². The van der Waals surface area contributed by atoms with Crippen LogP contribution < -0.4 is 4.90 Å². The maximum absolute atomic E-state index is 13.0. The second-order valence-corrected chi connectivity index (χ2v) is 7.79. The average molecular weight is 449 g/mol. The lowest BCUT2D eigenvalue weighted by Crippen LogP contribution is -2.55. The maximum atomic E-state index is 13.0. The Bertz CT molecular complexity index is 883. The second-order valence-electron chi connectivity index (χ2n) is 6.98. The second kappa shape index (κ2) is 8.44. The van der Waals surface area contributed by atoms with E-state index in [1.807, 2.05) is 31.2 Å². The first-order chi connectivity index (χ1) is 13.6. The van der Waals surface area contributed by atoms with Gasteiger partial charge in [-0.05, 0) is 37.6 Å². The van der Waals surface area contributed by atoms with E-state index in [-0.39, 0.29) is 24.2 Å². The van der Waals surface area contributed by atoms with Crippen LogP contribution in [0.25, 0.3) is 0 Å². The number of carbonyl (C=O) groups is 1. The number of carbonyl (C=O) groups excluding carboxylic acids is 1. The summed E-state index contributed by atoms with van der Waals surface area (Å²) in [6.45, 7) is 4.86. The van der Waals surface area contributed by atoms with Crippen molar-refractivity contribution in [3.05, 3.63) is 45.7 Å². The van der Waals surface area contributed by atoms with Crippen molar-refractivity contribution < 1.29 is 18.0 Å². The Morgan fingerprint density at radius 1 is 1.21 bits per heavy atom. The fourth-order valence-corrected chi connectivity index (χ4v) is 3.87. The molecular formula is C19H21Cl2F3N4O. The van der Waals surface area contributed by atoms with Crippen molar-refractivity contribution in [1.82, 2.24) is 14.7 Å². The fourth-order valence-electron chi connectivity index (χ4n) is 3.50. The number of piperazine rings is 1. The highest BCUT2D eigenvalue weighted by Gasteiger charge is 2.39. The predicted octanol–water partition coefficient (Wildman–Crippen LogP) is 4.64. The molecule has 1 unspecified atom stereocenters. The van der Waals surface area contributed by atoms with Crippen molar-refractivity contribution in [2.24, 2.45) is 0 Å². The number of alkyl halides is 3. The van der Waals surface area contributed by atoms with Gasteiger partial charge < -0.3 is 9.80 Å². The van der Waals surface area contributed by atoms with E-state index < -0.39 is 16.9 Å². The van der Waals surface area contributed by atoms with Crippen LogP contribution in [0, 0.1) is 6.92 Å². The van der Waals surface area contributed by atoms with Crippen LogP contribution in [0.1, 0.15) is 24.7 Å². The molecule has 2 heterocycles. The molecule has 29 heavy (non-hydrogen) atoms. The van der Waals surface area contributed by atoms with Crippen LogP contribution in [0.3, 0.4) is 0 Å². The third-order valence-corrected chi connectivity index (χ3v) is 5.86. The van der Waals surface area contributed by atoms with E-state index in [0.29, 0.717) is 24.7 Å². The summed E-state index contributed by atoms with van der Waals surface area (Å²) in [5, 5.41) is 3.71. The molecule has 158 valence electrons. The lowest BCUT2D eigenvalue weighted by molar-refractivity contribution is -0.142. The summed E-state index contributed by atoms with van der Waals surface area (Å²) in [5.74, 6) is -0.274. The highest BCUT2D eigenvalue weighted by Crippen LogP contribution is 2.35. The highest BCUT2D eigenvalue weighted by molar-refractivity contribution is 6.32. The van der Waals surface area contributed by atoms with Gasteiger partial charge in [0.15, 0.2) is 5.69 Å². The molecule has 1 fully saturated rings. The van der Waals surface area contributed by atoms with Gasteiger partial charge in [0.25, 0.3) is 0 Å². The van der Waals surface area contributed by atoms with Crippen LogP contribution in [0.2, 0.25) is 10.0 Å². The Hall–Kier alpha value is -1.93. The zero-order valence-electron chi connectivity index (χ0n) is 16.0. The van der Waals surface area contributed by atoms with Gasteiger partial charge in [-0.1, -0.05) is 30.1 Å². The van der Waals surface area contributed by atoms with Gasteiger partial charge in [0.2, 0.25) is 5.91 Å². The third kappa shape index (κ3) is 4.64. The molecule has 0 saturated carbocycles. The lowest BCUT2D eigenvalue weighted by atomic mass is 10.1.